The predicted molar refractivity (Wildman–Crippen MR) is 101 cm³/mol. The lowest BCUT2D eigenvalue weighted by Crippen LogP contribution is -2.46. The van der Waals surface area contributed by atoms with E-state index >= 15 is 0 Å². The summed E-state index contributed by atoms with van der Waals surface area (Å²) in [6.45, 7) is 13.6. The van der Waals surface area contributed by atoms with Crippen LogP contribution in [-0.2, 0) is 9.31 Å². The number of piperidine rings is 1. The minimum Gasteiger partial charge on any atom is -0.399 e. The summed E-state index contributed by atoms with van der Waals surface area (Å²) in [6, 6.07) is 0.486. The quantitative estimate of drug-likeness (QED) is 0.835. The Morgan fingerprint density at radius 2 is 1.81 bits per heavy atom. The molecule has 1 aromatic rings. The van der Waals surface area contributed by atoms with Crippen LogP contribution in [0.15, 0.2) is 12.4 Å². The zero-order valence-electron chi connectivity index (χ0n) is 16.8. The number of carbonyl (C=O) groups excluding carboxylic acids is 1. The number of nitrogens with zero attached hydrogens (tertiary/aromatic N) is 3. The van der Waals surface area contributed by atoms with Crippen LogP contribution in [0.5, 0.6) is 0 Å². The minimum atomic E-state index is -0.384. The zero-order chi connectivity index (χ0) is 19.1. The van der Waals surface area contributed by atoms with Crippen molar-refractivity contribution in [2.24, 2.45) is 0 Å². The SMILES string of the molecule is CC(C)NC(=O)N1CCC(n2cc(B3OC(C)(C)C(C)(C)O3)cn2)CC1. The second kappa shape index (κ2) is 6.89. The van der Waals surface area contributed by atoms with E-state index in [4.69, 9.17) is 9.31 Å². The molecule has 1 aromatic heterocycles. The van der Waals surface area contributed by atoms with Gasteiger partial charge in [-0.25, -0.2) is 4.79 Å². The first-order valence-corrected chi connectivity index (χ1v) is 9.54. The molecule has 2 saturated heterocycles. The topological polar surface area (TPSA) is 68.6 Å². The molecule has 3 rings (SSSR count). The van der Waals surface area contributed by atoms with Crippen molar-refractivity contribution in [3.63, 3.8) is 0 Å². The van der Waals surface area contributed by atoms with Crippen LogP contribution < -0.4 is 10.8 Å². The van der Waals surface area contributed by atoms with Gasteiger partial charge >= 0.3 is 13.1 Å². The molecule has 0 bridgehead atoms. The van der Waals surface area contributed by atoms with Gasteiger partial charge in [-0.05, 0) is 54.4 Å². The monoisotopic (exact) mass is 362 g/mol. The third-order valence-electron chi connectivity index (χ3n) is 5.68. The number of hydrogen-bond acceptors (Lipinski definition) is 4. The molecule has 0 spiro atoms. The van der Waals surface area contributed by atoms with Crippen LogP contribution >= 0.6 is 0 Å². The van der Waals surface area contributed by atoms with E-state index in [0.29, 0.717) is 6.04 Å². The molecule has 0 radical (unpaired) electrons. The lowest BCUT2D eigenvalue weighted by molar-refractivity contribution is 0.00578. The van der Waals surface area contributed by atoms with E-state index in [2.05, 4.69) is 38.1 Å². The second-order valence-electron chi connectivity index (χ2n) is 8.66. The number of urea groups is 1. The fourth-order valence-corrected chi connectivity index (χ4v) is 3.33. The first kappa shape index (κ1) is 19.2. The summed E-state index contributed by atoms with van der Waals surface area (Å²) in [4.78, 5) is 14.0. The molecule has 3 heterocycles. The lowest BCUT2D eigenvalue weighted by Gasteiger charge is -2.32. The van der Waals surface area contributed by atoms with Gasteiger partial charge in [-0.2, -0.15) is 5.10 Å². The highest BCUT2D eigenvalue weighted by molar-refractivity contribution is 6.62. The summed E-state index contributed by atoms with van der Waals surface area (Å²) in [5.74, 6) is 0. The number of carbonyl (C=O) groups is 1. The summed E-state index contributed by atoms with van der Waals surface area (Å²) in [7, 11) is -0.384. The van der Waals surface area contributed by atoms with Crippen LogP contribution in [0.4, 0.5) is 4.79 Å². The molecule has 2 fully saturated rings. The summed E-state index contributed by atoms with van der Waals surface area (Å²) in [5, 5.41) is 7.49. The first-order chi connectivity index (χ1) is 12.1. The Labute approximate surface area is 156 Å². The van der Waals surface area contributed by atoms with Crippen molar-refractivity contribution >= 4 is 18.6 Å². The highest BCUT2D eigenvalue weighted by atomic mass is 16.7. The normalized spacial score (nSPS) is 22.9. The Kier molecular flexibility index (Phi) is 5.09. The van der Waals surface area contributed by atoms with Gasteiger partial charge in [-0.15, -0.1) is 0 Å². The molecule has 2 aliphatic rings. The van der Waals surface area contributed by atoms with Crippen molar-refractivity contribution < 1.29 is 14.1 Å². The largest absolute Gasteiger partial charge is 0.498 e. The van der Waals surface area contributed by atoms with E-state index in [-0.39, 0.29) is 30.4 Å². The number of rotatable bonds is 3. The van der Waals surface area contributed by atoms with E-state index in [1.165, 1.54) is 0 Å². The Morgan fingerprint density at radius 3 is 2.35 bits per heavy atom. The van der Waals surface area contributed by atoms with Crippen LogP contribution in [0.2, 0.25) is 0 Å². The summed E-state index contributed by atoms with van der Waals surface area (Å²) < 4.78 is 14.2. The van der Waals surface area contributed by atoms with Gasteiger partial charge in [0.2, 0.25) is 0 Å². The number of amides is 2. The molecule has 26 heavy (non-hydrogen) atoms. The minimum absolute atomic E-state index is 0.0248. The highest BCUT2D eigenvalue weighted by Gasteiger charge is 2.52. The Morgan fingerprint density at radius 1 is 1.23 bits per heavy atom. The Hall–Kier alpha value is -1.54. The summed E-state index contributed by atoms with van der Waals surface area (Å²) >= 11 is 0. The second-order valence-corrected chi connectivity index (χ2v) is 8.66. The van der Waals surface area contributed by atoms with E-state index in [1.807, 2.05) is 35.8 Å². The number of likely N-dealkylation sites (tertiary alicyclic amines) is 1. The van der Waals surface area contributed by atoms with E-state index < -0.39 is 0 Å². The molecule has 0 saturated carbocycles. The van der Waals surface area contributed by atoms with E-state index in [1.54, 1.807) is 0 Å². The Bertz CT molecular complexity index is 635. The lowest BCUT2D eigenvalue weighted by atomic mass is 9.82. The molecule has 144 valence electrons. The molecule has 7 nitrogen and oxygen atoms in total. The molecule has 2 aliphatic heterocycles. The predicted octanol–water partition coefficient (Wildman–Crippen LogP) is 1.94. The molecule has 0 aliphatic carbocycles. The molecule has 0 aromatic carbocycles. The zero-order valence-corrected chi connectivity index (χ0v) is 16.8. The number of aromatic nitrogens is 2. The molecule has 8 heteroatoms. The van der Waals surface area contributed by atoms with Crippen molar-refractivity contribution in [2.75, 3.05) is 13.1 Å². The molecule has 0 atom stereocenters. The third kappa shape index (κ3) is 3.76. The van der Waals surface area contributed by atoms with Crippen LogP contribution in [0.1, 0.15) is 60.4 Å². The average Bonchev–Trinajstić information content (AvgIpc) is 3.10. The third-order valence-corrected chi connectivity index (χ3v) is 5.68. The summed E-state index contributed by atoms with van der Waals surface area (Å²) in [6.07, 6.45) is 5.66. The van der Waals surface area contributed by atoms with Crippen LogP contribution in [0, 0.1) is 0 Å². The standard InChI is InChI=1S/C18H31BN4O3/c1-13(2)21-16(24)22-9-7-15(8-10-22)23-12-14(11-20-23)19-25-17(3,4)18(5,6)26-19/h11-13,15H,7-10H2,1-6H3,(H,21,24). The number of hydrogen-bond donors (Lipinski definition) is 1. The van der Waals surface area contributed by atoms with Gasteiger partial charge in [-0.3, -0.25) is 4.68 Å². The molecule has 2 amide bonds. The van der Waals surface area contributed by atoms with Gasteiger partial charge in [0.05, 0.1) is 17.2 Å². The number of nitrogens with one attached hydrogen (secondary N) is 1. The molecule has 0 unspecified atom stereocenters. The van der Waals surface area contributed by atoms with Gasteiger partial charge < -0.3 is 19.5 Å². The summed E-state index contributed by atoms with van der Waals surface area (Å²) in [5.41, 5.74) is 0.243. The van der Waals surface area contributed by atoms with Gasteiger partial charge in [0.25, 0.3) is 0 Å². The fraction of sp³-hybridized carbons (Fsp3) is 0.778. The first-order valence-electron chi connectivity index (χ1n) is 9.54. The van der Waals surface area contributed by atoms with Gasteiger partial charge in [0.15, 0.2) is 0 Å². The van der Waals surface area contributed by atoms with Crippen molar-refractivity contribution in [3.8, 4) is 0 Å². The van der Waals surface area contributed by atoms with Crippen molar-refractivity contribution in [2.45, 2.75) is 77.7 Å². The maximum Gasteiger partial charge on any atom is 0.498 e. The van der Waals surface area contributed by atoms with Crippen molar-refractivity contribution in [1.82, 2.24) is 20.0 Å². The van der Waals surface area contributed by atoms with Gasteiger partial charge in [-0.1, -0.05) is 0 Å². The van der Waals surface area contributed by atoms with Crippen LogP contribution in [-0.4, -0.2) is 58.2 Å². The molecule has 1 N–H and O–H groups in total. The average molecular weight is 362 g/mol. The fourth-order valence-electron chi connectivity index (χ4n) is 3.33. The molecular formula is C18H31BN4O3. The van der Waals surface area contributed by atoms with Gasteiger partial charge in [0, 0.05) is 37.0 Å². The van der Waals surface area contributed by atoms with E-state index in [0.717, 1.165) is 31.4 Å². The van der Waals surface area contributed by atoms with Crippen molar-refractivity contribution in [1.29, 1.82) is 0 Å². The van der Waals surface area contributed by atoms with Crippen LogP contribution in [0.3, 0.4) is 0 Å². The van der Waals surface area contributed by atoms with E-state index in [9.17, 15) is 4.79 Å². The van der Waals surface area contributed by atoms with Gasteiger partial charge in [0.1, 0.15) is 0 Å². The smallest absolute Gasteiger partial charge is 0.399 e. The van der Waals surface area contributed by atoms with Crippen LogP contribution in [0.25, 0.3) is 0 Å². The maximum atomic E-state index is 12.1. The highest BCUT2D eigenvalue weighted by Crippen LogP contribution is 2.36. The maximum absolute atomic E-state index is 12.1. The molecular weight excluding hydrogens is 331 g/mol. The Balaban J connectivity index is 1.59. The van der Waals surface area contributed by atoms with Crippen molar-refractivity contribution in [3.05, 3.63) is 12.4 Å².